The van der Waals surface area contributed by atoms with E-state index in [1.54, 1.807) is 11.8 Å². The third kappa shape index (κ3) is 13.2. The summed E-state index contributed by atoms with van der Waals surface area (Å²) in [6, 6.07) is -0.523. The highest BCUT2D eigenvalue weighted by atomic mass is 32.2. The molecule has 0 heterocycles. The lowest BCUT2D eigenvalue weighted by Gasteiger charge is -2.07. The summed E-state index contributed by atoms with van der Waals surface area (Å²) in [5.74, 6) is 1.14. The first-order valence-electron chi connectivity index (χ1n) is 8.22. The minimum absolute atomic E-state index is 0.341. The van der Waals surface area contributed by atoms with Gasteiger partial charge in [0, 0.05) is 11.5 Å². The summed E-state index contributed by atoms with van der Waals surface area (Å²) in [6.45, 7) is 8.65. The van der Waals surface area contributed by atoms with Gasteiger partial charge in [-0.3, -0.25) is 4.79 Å². The van der Waals surface area contributed by atoms with Crippen molar-refractivity contribution in [3.63, 3.8) is 0 Å². The topological polar surface area (TPSA) is 52.3 Å². The number of carbonyl (C=O) groups is 1. The number of hydrogen-bond donors (Lipinski definition) is 1. The molecule has 23 heavy (non-hydrogen) atoms. The molecule has 0 aliphatic carbocycles. The minimum atomic E-state index is -0.523. The van der Waals surface area contributed by atoms with Gasteiger partial charge >= 0.3 is 5.97 Å². The Kier molecular flexibility index (Phi) is 12.9. The van der Waals surface area contributed by atoms with Crippen molar-refractivity contribution in [2.45, 2.75) is 59.4 Å². The lowest BCUT2D eigenvalue weighted by atomic mass is 10.1. The number of rotatable bonds is 11. The van der Waals surface area contributed by atoms with Gasteiger partial charge in [0.05, 0.1) is 7.11 Å². The Morgan fingerprint density at radius 3 is 2.17 bits per heavy atom. The maximum Gasteiger partial charge on any atom is 0.323 e. The quantitative estimate of drug-likeness (QED) is 0.338. The van der Waals surface area contributed by atoms with Crippen LogP contribution < -0.4 is 5.73 Å². The third-order valence-electron chi connectivity index (χ3n) is 3.47. The zero-order chi connectivity index (χ0) is 17.7. The van der Waals surface area contributed by atoms with E-state index in [1.165, 1.54) is 23.8 Å². The molecule has 2 N–H and O–H groups in total. The molecule has 0 aliphatic rings. The van der Waals surface area contributed by atoms with E-state index in [-0.39, 0.29) is 5.97 Å². The lowest BCUT2D eigenvalue weighted by Crippen LogP contribution is -2.33. The van der Waals surface area contributed by atoms with Crippen LogP contribution in [0.3, 0.4) is 0 Å². The molecule has 0 spiro atoms. The van der Waals surface area contributed by atoms with E-state index in [4.69, 9.17) is 5.73 Å². The van der Waals surface area contributed by atoms with Gasteiger partial charge in [0.2, 0.25) is 0 Å². The predicted molar refractivity (Wildman–Crippen MR) is 103 cm³/mol. The maximum absolute atomic E-state index is 11.2. The highest BCUT2D eigenvalue weighted by molar-refractivity contribution is 7.99. The first kappa shape index (κ1) is 22.0. The van der Waals surface area contributed by atoms with E-state index in [9.17, 15) is 4.79 Å². The van der Waals surface area contributed by atoms with E-state index >= 15 is 0 Å². The maximum atomic E-state index is 11.2. The molecule has 0 fully saturated rings. The molecule has 0 unspecified atom stereocenters. The summed E-state index contributed by atoms with van der Waals surface area (Å²) in [7, 11) is 1.37. The second-order valence-corrected chi connectivity index (χ2v) is 7.20. The van der Waals surface area contributed by atoms with Crippen LogP contribution in [0.15, 0.2) is 34.9 Å². The van der Waals surface area contributed by atoms with Crippen LogP contribution in [0.1, 0.15) is 53.4 Å². The first-order chi connectivity index (χ1) is 10.9. The monoisotopic (exact) mass is 339 g/mol. The Morgan fingerprint density at radius 2 is 1.61 bits per heavy atom. The fourth-order valence-electron chi connectivity index (χ4n) is 1.95. The summed E-state index contributed by atoms with van der Waals surface area (Å²) in [5, 5.41) is 0. The van der Waals surface area contributed by atoms with Crippen molar-refractivity contribution in [2.24, 2.45) is 5.73 Å². The number of carbonyl (C=O) groups excluding carboxylic acids is 1. The minimum Gasteiger partial charge on any atom is -0.468 e. The Balaban J connectivity index is 3.90. The molecule has 0 amide bonds. The van der Waals surface area contributed by atoms with E-state index in [0.717, 1.165) is 31.4 Å². The van der Waals surface area contributed by atoms with Crippen molar-refractivity contribution in [1.82, 2.24) is 0 Å². The van der Waals surface area contributed by atoms with Crippen LogP contribution in [0.25, 0.3) is 0 Å². The number of ether oxygens (including phenoxy) is 1. The molecule has 0 aromatic carbocycles. The zero-order valence-electron chi connectivity index (χ0n) is 15.4. The zero-order valence-corrected chi connectivity index (χ0v) is 16.2. The van der Waals surface area contributed by atoms with Crippen LogP contribution in [0, 0.1) is 0 Å². The normalized spacial score (nSPS) is 13.7. The van der Waals surface area contributed by atoms with Gasteiger partial charge in [-0.15, -0.1) is 0 Å². The molecule has 0 saturated heterocycles. The Hall–Kier alpha value is -1.00. The van der Waals surface area contributed by atoms with Crippen molar-refractivity contribution >= 4 is 17.7 Å². The van der Waals surface area contributed by atoms with Crippen molar-refractivity contribution in [2.75, 3.05) is 18.6 Å². The van der Waals surface area contributed by atoms with Crippen molar-refractivity contribution in [1.29, 1.82) is 0 Å². The molecule has 0 aromatic heterocycles. The average Bonchev–Trinajstić information content (AvgIpc) is 2.50. The molecule has 0 saturated carbocycles. The van der Waals surface area contributed by atoms with Crippen LogP contribution in [0.2, 0.25) is 0 Å². The summed E-state index contributed by atoms with van der Waals surface area (Å²) in [4.78, 5) is 11.2. The Morgan fingerprint density at radius 1 is 1.04 bits per heavy atom. The second kappa shape index (κ2) is 13.4. The van der Waals surface area contributed by atoms with Crippen LogP contribution in [0.5, 0.6) is 0 Å². The van der Waals surface area contributed by atoms with E-state index < -0.39 is 6.04 Å². The molecule has 0 aromatic rings. The van der Waals surface area contributed by atoms with Crippen LogP contribution in [0.4, 0.5) is 0 Å². The molecule has 0 aliphatic heterocycles. The van der Waals surface area contributed by atoms with Gasteiger partial charge < -0.3 is 10.5 Å². The molecular formula is C19H33NO2S. The third-order valence-corrected chi connectivity index (χ3v) is 4.47. The molecule has 4 heteroatoms. The van der Waals surface area contributed by atoms with Crippen LogP contribution in [-0.4, -0.2) is 30.6 Å². The summed E-state index contributed by atoms with van der Waals surface area (Å²) in [6.07, 6.45) is 11.3. The van der Waals surface area contributed by atoms with Crippen molar-refractivity contribution in [3.05, 3.63) is 34.9 Å². The van der Waals surface area contributed by atoms with Crippen molar-refractivity contribution in [3.8, 4) is 0 Å². The Labute approximate surface area is 146 Å². The number of methoxy groups -OCH3 is 1. The van der Waals surface area contributed by atoms with Crippen molar-refractivity contribution < 1.29 is 9.53 Å². The van der Waals surface area contributed by atoms with E-state index in [1.807, 2.05) is 0 Å². The fourth-order valence-corrected chi connectivity index (χ4v) is 2.88. The van der Waals surface area contributed by atoms with Gasteiger partial charge in [-0.25, -0.2) is 0 Å². The number of nitrogens with two attached hydrogens (primary N) is 1. The van der Waals surface area contributed by atoms with Crippen LogP contribution in [-0.2, 0) is 9.53 Å². The highest BCUT2D eigenvalue weighted by Gasteiger charge is 2.12. The molecular weight excluding hydrogens is 306 g/mol. The Bertz CT molecular complexity index is 435. The van der Waals surface area contributed by atoms with Gasteiger partial charge in [0.15, 0.2) is 0 Å². The number of allylic oxidation sites excluding steroid dienone is 5. The summed E-state index contributed by atoms with van der Waals surface area (Å²) in [5.41, 5.74) is 9.93. The van der Waals surface area contributed by atoms with E-state index in [2.05, 4.69) is 50.7 Å². The standard InChI is InChI=1S/C19H33NO2S/c1-15(2)8-6-9-16(3)10-7-11-17(4)12-13-23-14-18(20)19(21)22-5/h8,10,12,18H,6-7,9,11,13-14,20H2,1-5H3/b16-10+,17-12+/t18-/m0/s1. The number of hydrogen-bond acceptors (Lipinski definition) is 4. The van der Waals surface area contributed by atoms with Gasteiger partial charge in [-0.2, -0.15) is 11.8 Å². The van der Waals surface area contributed by atoms with Crippen LogP contribution >= 0.6 is 11.8 Å². The molecule has 3 nitrogen and oxygen atoms in total. The van der Waals surface area contributed by atoms with E-state index in [0.29, 0.717) is 5.75 Å². The first-order valence-corrected chi connectivity index (χ1v) is 9.38. The molecule has 1 atom stereocenters. The lowest BCUT2D eigenvalue weighted by molar-refractivity contribution is -0.141. The SMILES string of the molecule is COC(=O)[C@@H](N)CSC/C=C(\C)CC/C=C(\C)CCC=C(C)C. The summed E-state index contributed by atoms with van der Waals surface area (Å²) < 4.78 is 4.60. The highest BCUT2D eigenvalue weighted by Crippen LogP contribution is 2.12. The largest absolute Gasteiger partial charge is 0.468 e. The van der Waals surface area contributed by atoms with Gasteiger partial charge in [0.25, 0.3) is 0 Å². The van der Waals surface area contributed by atoms with Gasteiger partial charge in [-0.05, 0) is 53.4 Å². The number of esters is 1. The smallest absolute Gasteiger partial charge is 0.323 e. The molecule has 0 rings (SSSR count). The average molecular weight is 340 g/mol. The molecule has 0 bridgehead atoms. The van der Waals surface area contributed by atoms with Gasteiger partial charge in [0.1, 0.15) is 6.04 Å². The summed E-state index contributed by atoms with van der Waals surface area (Å²) >= 11 is 1.66. The molecule has 0 radical (unpaired) electrons. The molecule has 132 valence electrons. The number of thioether (sulfide) groups is 1. The predicted octanol–water partition coefficient (Wildman–Crippen LogP) is 4.64. The second-order valence-electron chi connectivity index (χ2n) is 6.13. The van der Waals surface area contributed by atoms with Gasteiger partial charge in [-0.1, -0.05) is 34.9 Å². The fraction of sp³-hybridized carbons (Fsp3) is 0.632.